The summed E-state index contributed by atoms with van der Waals surface area (Å²) in [6, 6.07) is 12.9. The van der Waals surface area contributed by atoms with Crippen molar-refractivity contribution in [3.8, 4) is 0 Å². The molecule has 1 fully saturated rings. The average Bonchev–Trinajstić information content (AvgIpc) is 2.47. The zero-order chi connectivity index (χ0) is 13.1. The highest BCUT2D eigenvalue weighted by atomic mass is 79.9. The van der Waals surface area contributed by atoms with E-state index >= 15 is 0 Å². The van der Waals surface area contributed by atoms with E-state index in [4.69, 9.17) is 0 Å². The molecule has 2 heteroatoms. The monoisotopic (exact) mass is 317 g/mol. The van der Waals surface area contributed by atoms with Crippen molar-refractivity contribution in [2.75, 3.05) is 11.9 Å². The highest BCUT2D eigenvalue weighted by Crippen LogP contribution is 2.30. The van der Waals surface area contributed by atoms with Crippen molar-refractivity contribution in [3.05, 3.63) is 40.9 Å². The molecular formula is C17H20BrN. The van der Waals surface area contributed by atoms with Gasteiger partial charge in [0.2, 0.25) is 0 Å². The molecule has 0 spiro atoms. The van der Waals surface area contributed by atoms with Crippen LogP contribution in [0, 0.1) is 5.92 Å². The van der Waals surface area contributed by atoms with Gasteiger partial charge in [0, 0.05) is 22.1 Å². The number of hydrogen-bond acceptors (Lipinski definition) is 1. The van der Waals surface area contributed by atoms with Gasteiger partial charge in [-0.2, -0.15) is 0 Å². The Labute approximate surface area is 123 Å². The van der Waals surface area contributed by atoms with E-state index in [0.29, 0.717) is 0 Å². The maximum Gasteiger partial charge on any atom is 0.0420 e. The van der Waals surface area contributed by atoms with Crippen LogP contribution < -0.4 is 5.32 Å². The number of hydrogen-bond donors (Lipinski definition) is 1. The molecular weight excluding hydrogens is 298 g/mol. The Morgan fingerprint density at radius 2 is 1.68 bits per heavy atom. The number of fused-ring (bicyclic) bond motifs is 1. The Kier molecular flexibility index (Phi) is 4.07. The lowest BCUT2D eigenvalue weighted by Crippen LogP contribution is -2.17. The Hall–Kier alpha value is -1.02. The molecule has 100 valence electrons. The van der Waals surface area contributed by atoms with Gasteiger partial charge in [0.25, 0.3) is 0 Å². The average molecular weight is 318 g/mol. The molecule has 2 aromatic rings. The summed E-state index contributed by atoms with van der Waals surface area (Å²) >= 11 is 3.63. The Balaban J connectivity index is 1.79. The maximum atomic E-state index is 3.66. The lowest BCUT2D eigenvalue weighted by Gasteiger charge is -2.22. The van der Waals surface area contributed by atoms with Crippen LogP contribution in [-0.2, 0) is 0 Å². The highest BCUT2D eigenvalue weighted by molar-refractivity contribution is 9.10. The molecule has 2 aromatic carbocycles. The Morgan fingerprint density at radius 1 is 0.947 bits per heavy atom. The van der Waals surface area contributed by atoms with Crippen LogP contribution in [0.15, 0.2) is 40.9 Å². The molecule has 0 saturated heterocycles. The molecule has 0 amide bonds. The van der Waals surface area contributed by atoms with Gasteiger partial charge in [-0.25, -0.2) is 0 Å². The van der Waals surface area contributed by atoms with E-state index < -0.39 is 0 Å². The third-order valence-corrected chi connectivity index (χ3v) is 4.87. The molecule has 1 N–H and O–H groups in total. The lowest BCUT2D eigenvalue weighted by molar-refractivity contribution is 0.373. The highest BCUT2D eigenvalue weighted by Gasteiger charge is 2.13. The molecule has 1 aliphatic rings. The van der Waals surface area contributed by atoms with E-state index in [9.17, 15) is 0 Å². The van der Waals surface area contributed by atoms with Gasteiger partial charge in [0.1, 0.15) is 0 Å². The minimum Gasteiger partial charge on any atom is -0.384 e. The second kappa shape index (κ2) is 5.96. The van der Waals surface area contributed by atoms with Gasteiger partial charge in [0.05, 0.1) is 0 Å². The van der Waals surface area contributed by atoms with Crippen molar-refractivity contribution in [3.63, 3.8) is 0 Å². The smallest absolute Gasteiger partial charge is 0.0420 e. The Bertz CT molecular complexity index is 558. The van der Waals surface area contributed by atoms with Crippen molar-refractivity contribution >= 4 is 32.4 Å². The van der Waals surface area contributed by atoms with Crippen LogP contribution >= 0.6 is 15.9 Å². The molecule has 0 heterocycles. The SMILES string of the molecule is Brc1cccc2c(NCC3CCCCC3)cccc12. The summed E-state index contributed by atoms with van der Waals surface area (Å²) in [5.41, 5.74) is 1.27. The van der Waals surface area contributed by atoms with E-state index in [2.05, 4.69) is 57.6 Å². The van der Waals surface area contributed by atoms with Gasteiger partial charge in [-0.3, -0.25) is 0 Å². The summed E-state index contributed by atoms with van der Waals surface area (Å²) in [5.74, 6) is 0.858. The van der Waals surface area contributed by atoms with E-state index in [-0.39, 0.29) is 0 Å². The van der Waals surface area contributed by atoms with Crippen molar-refractivity contribution < 1.29 is 0 Å². The molecule has 1 saturated carbocycles. The number of rotatable bonds is 3. The molecule has 0 atom stereocenters. The van der Waals surface area contributed by atoms with Gasteiger partial charge in [-0.1, -0.05) is 59.5 Å². The first kappa shape index (κ1) is 13.0. The van der Waals surface area contributed by atoms with Crippen LogP contribution in [0.5, 0.6) is 0 Å². The fourth-order valence-electron chi connectivity index (χ4n) is 3.07. The molecule has 0 unspecified atom stereocenters. The quantitative estimate of drug-likeness (QED) is 0.777. The second-order valence-corrected chi connectivity index (χ2v) is 6.38. The van der Waals surface area contributed by atoms with Gasteiger partial charge in [-0.05, 0) is 36.3 Å². The summed E-state index contributed by atoms with van der Waals surface area (Å²) in [7, 11) is 0. The van der Waals surface area contributed by atoms with Crippen molar-refractivity contribution in [2.24, 2.45) is 5.92 Å². The third kappa shape index (κ3) is 2.94. The number of nitrogens with one attached hydrogen (secondary N) is 1. The van der Waals surface area contributed by atoms with Crippen LogP contribution in [0.3, 0.4) is 0 Å². The first-order valence-corrected chi connectivity index (χ1v) is 8.05. The molecule has 0 bridgehead atoms. The van der Waals surface area contributed by atoms with E-state index in [1.54, 1.807) is 0 Å². The van der Waals surface area contributed by atoms with Gasteiger partial charge in [-0.15, -0.1) is 0 Å². The maximum absolute atomic E-state index is 3.66. The lowest BCUT2D eigenvalue weighted by atomic mass is 9.89. The summed E-state index contributed by atoms with van der Waals surface area (Å²) in [5, 5.41) is 6.26. The van der Waals surface area contributed by atoms with E-state index in [1.807, 2.05) is 0 Å². The predicted molar refractivity (Wildman–Crippen MR) is 86.7 cm³/mol. The van der Waals surface area contributed by atoms with Gasteiger partial charge >= 0.3 is 0 Å². The standard InChI is InChI=1S/C17H20BrN/c18-16-10-4-9-15-14(16)8-5-11-17(15)19-12-13-6-2-1-3-7-13/h4-5,8-11,13,19H,1-3,6-7,12H2. The topological polar surface area (TPSA) is 12.0 Å². The molecule has 1 nitrogen and oxygen atoms in total. The number of halogens is 1. The van der Waals surface area contributed by atoms with E-state index in [0.717, 1.165) is 12.5 Å². The van der Waals surface area contributed by atoms with Crippen LogP contribution in [-0.4, -0.2) is 6.54 Å². The van der Waals surface area contributed by atoms with Crippen LogP contribution in [0.25, 0.3) is 10.8 Å². The molecule has 0 aromatic heterocycles. The van der Waals surface area contributed by atoms with Gasteiger partial charge in [0.15, 0.2) is 0 Å². The fraction of sp³-hybridized carbons (Fsp3) is 0.412. The summed E-state index contributed by atoms with van der Waals surface area (Å²) in [6.45, 7) is 1.12. The molecule has 0 radical (unpaired) electrons. The third-order valence-electron chi connectivity index (χ3n) is 4.17. The fourth-order valence-corrected chi connectivity index (χ4v) is 3.57. The number of benzene rings is 2. The van der Waals surface area contributed by atoms with Gasteiger partial charge < -0.3 is 5.32 Å². The Morgan fingerprint density at radius 3 is 2.53 bits per heavy atom. The van der Waals surface area contributed by atoms with Crippen LogP contribution in [0.4, 0.5) is 5.69 Å². The molecule has 0 aliphatic heterocycles. The summed E-state index contributed by atoms with van der Waals surface area (Å²) in [6.07, 6.45) is 7.03. The molecule has 3 rings (SSSR count). The van der Waals surface area contributed by atoms with Crippen LogP contribution in [0.2, 0.25) is 0 Å². The van der Waals surface area contributed by atoms with Crippen molar-refractivity contribution in [1.82, 2.24) is 0 Å². The zero-order valence-electron chi connectivity index (χ0n) is 11.2. The van der Waals surface area contributed by atoms with Crippen molar-refractivity contribution in [1.29, 1.82) is 0 Å². The largest absolute Gasteiger partial charge is 0.384 e. The van der Waals surface area contributed by atoms with Crippen molar-refractivity contribution in [2.45, 2.75) is 32.1 Å². The van der Waals surface area contributed by atoms with E-state index in [1.165, 1.54) is 53.0 Å². The second-order valence-electron chi connectivity index (χ2n) is 5.53. The van der Waals surface area contributed by atoms with Crippen LogP contribution in [0.1, 0.15) is 32.1 Å². The first-order valence-electron chi connectivity index (χ1n) is 7.26. The molecule has 19 heavy (non-hydrogen) atoms. The number of anilines is 1. The molecule has 1 aliphatic carbocycles. The normalized spacial score (nSPS) is 16.7. The summed E-state index contributed by atoms with van der Waals surface area (Å²) < 4.78 is 1.17. The predicted octanol–water partition coefficient (Wildman–Crippen LogP) is 5.59. The minimum atomic E-state index is 0.858. The first-order chi connectivity index (χ1) is 9.34. The summed E-state index contributed by atoms with van der Waals surface area (Å²) in [4.78, 5) is 0. The zero-order valence-corrected chi connectivity index (χ0v) is 12.7. The minimum absolute atomic E-state index is 0.858.